The Labute approximate surface area is 154 Å². The molecule has 1 aromatic carbocycles. The normalized spacial score (nSPS) is 17.4. The van der Waals surface area contributed by atoms with Crippen LogP contribution in [0.3, 0.4) is 0 Å². The summed E-state index contributed by atoms with van der Waals surface area (Å²) in [5.41, 5.74) is 0.570. The van der Waals surface area contributed by atoms with Crippen LogP contribution in [0.2, 0.25) is 10.0 Å². The Bertz CT molecular complexity index is 761. The Morgan fingerprint density at radius 3 is 2.52 bits per heavy atom. The third-order valence-corrected chi connectivity index (χ3v) is 4.33. The second-order valence-corrected chi connectivity index (χ2v) is 6.48. The Morgan fingerprint density at radius 2 is 1.96 bits per heavy atom. The second-order valence-electron chi connectivity index (χ2n) is 5.69. The number of phenols is 2. The van der Waals surface area contributed by atoms with Gasteiger partial charge in [-0.2, -0.15) is 0 Å². The van der Waals surface area contributed by atoms with Crippen molar-refractivity contribution in [3.63, 3.8) is 0 Å². The predicted octanol–water partition coefficient (Wildman–Crippen LogP) is 3.23. The van der Waals surface area contributed by atoms with E-state index in [0.717, 1.165) is 0 Å². The molecule has 1 heterocycles. The summed E-state index contributed by atoms with van der Waals surface area (Å²) in [5.74, 6) is -1.82. The first-order valence-electron chi connectivity index (χ1n) is 7.57. The maximum atomic E-state index is 12.5. The fraction of sp³-hybridized carbons (Fsp3) is 0.375. The predicted molar refractivity (Wildman–Crippen MR) is 92.7 cm³/mol. The van der Waals surface area contributed by atoms with Crippen molar-refractivity contribution in [2.24, 2.45) is 5.92 Å². The molecule has 1 unspecified atom stereocenters. The number of rotatable bonds is 4. The molecular weight excluding hydrogens is 371 g/mol. The van der Waals surface area contributed by atoms with Gasteiger partial charge >= 0.3 is 12.0 Å². The summed E-state index contributed by atoms with van der Waals surface area (Å²) in [6.45, 7) is 5.39. The summed E-state index contributed by atoms with van der Waals surface area (Å²) in [6, 6.07) is -0.354. The molecule has 1 atom stereocenters. The Balaban J connectivity index is 2.70. The van der Waals surface area contributed by atoms with E-state index in [4.69, 9.17) is 27.9 Å². The lowest BCUT2D eigenvalue weighted by Crippen LogP contribution is -2.47. The number of amides is 2. The van der Waals surface area contributed by atoms with Gasteiger partial charge in [-0.1, -0.05) is 37.0 Å². The SMILES string of the molecule is CCOC(=O)C1=C(C(C)C)NC(=O)NC1c1cc(Cl)c(O)c(Cl)c1O. The van der Waals surface area contributed by atoms with Crippen LogP contribution in [0.5, 0.6) is 11.5 Å². The third kappa shape index (κ3) is 3.62. The van der Waals surface area contributed by atoms with Crippen LogP contribution >= 0.6 is 23.2 Å². The molecule has 2 rings (SSSR count). The quantitative estimate of drug-likeness (QED) is 0.592. The number of urea groups is 1. The van der Waals surface area contributed by atoms with Crippen molar-refractivity contribution in [1.29, 1.82) is 0 Å². The maximum Gasteiger partial charge on any atom is 0.338 e. The average Bonchev–Trinajstić information content (AvgIpc) is 2.55. The highest BCUT2D eigenvalue weighted by atomic mass is 35.5. The molecule has 0 fully saturated rings. The smallest absolute Gasteiger partial charge is 0.338 e. The van der Waals surface area contributed by atoms with E-state index in [1.54, 1.807) is 20.8 Å². The first-order valence-corrected chi connectivity index (χ1v) is 8.33. The van der Waals surface area contributed by atoms with E-state index < -0.39 is 29.5 Å². The van der Waals surface area contributed by atoms with Crippen LogP contribution in [0.1, 0.15) is 32.4 Å². The number of nitrogens with one attached hydrogen (secondary N) is 2. The molecule has 4 N–H and O–H groups in total. The Morgan fingerprint density at radius 1 is 1.32 bits per heavy atom. The van der Waals surface area contributed by atoms with Crippen LogP contribution in [0.25, 0.3) is 0 Å². The van der Waals surface area contributed by atoms with Crippen molar-refractivity contribution in [3.8, 4) is 11.5 Å². The van der Waals surface area contributed by atoms with Crippen LogP contribution in [0, 0.1) is 5.92 Å². The van der Waals surface area contributed by atoms with Crippen LogP contribution in [0.15, 0.2) is 17.3 Å². The zero-order valence-corrected chi connectivity index (χ0v) is 15.3. The summed E-state index contributed by atoms with van der Waals surface area (Å²) in [5, 5.41) is 24.7. The lowest BCUT2D eigenvalue weighted by molar-refractivity contribution is -0.139. The fourth-order valence-corrected chi connectivity index (χ4v) is 3.02. The van der Waals surface area contributed by atoms with Crippen molar-refractivity contribution >= 4 is 35.2 Å². The third-order valence-electron chi connectivity index (χ3n) is 3.68. The minimum absolute atomic E-state index is 0.0730. The maximum absolute atomic E-state index is 12.5. The lowest BCUT2D eigenvalue weighted by atomic mass is 9.91. The number of carbonyl (C=O) groups excluding carboxylic acids is 2. The first kappa shape index (κ1) is 19.2. The average molecular weight is 389 g/mol. The molecule has 1 aromatic rings. The number of ether oxygens (including phenoxy) is 1. The van der Waals surface area contributed by atoms with Gasteiger partial charge in [-0.15, -0.1) is 0 Å². The minimum atomic E-state index is -1.04. The van der Waals surface area contributed by atoms with E-state index in [-0.39, 0.29) is 33.7 Å². The van der Waals surface area contributed by atoms with Gasteiger partial charge in [-0.25, -0.2) is 9.59 Å². The Kier molecular flexibility index (Phi) is 5.69. The molecule has 136 valence electrons. The van der Waals surface area contributed by atoms with E-state index in [0.29, 0.717) is 5.70 Å². The zero-order valence-electron chi connectivity index (χ0n) is 13.8. The zero-order chi connectivity index (χ0) is 18.9. The second kappa shape index (κ2) is 7.41. The summed E-state index contributed by atoms with van der Waals surface area (Å²) >= 11 is 11.8. The summed E-state index contributed by atoms with van der Waals surface area (Å²) < 4.78 is 5.09. The van der Waals surface area contributed by atoms with Crippen LogP contribution in [-0.2, 0) is 9.53 Å². The van der Waals surface area contributed by atoms with Crippen molar-refractivity contribution in [1.82, 2.24) is 10.6 Å². The van der Waals surface area contributed by atoms with E-state index in [9.17, 15) is 19.8 Å². The molecule has 0 aromatic heterocycles. The molecule has 7 nitrogen and oxygen atoms in total. The van der Waals surface area contributed by atoms with Gasteiger partial charge in [0, 0.05) is 11.3 Å². The summed E-state index contributed by atoms with van der Waals surface area (Å²) in [4.78, 5) is 24.5. The monoisotopic (exact) mass is 388 g/mol. The van der Waals surface area contributed by atoms with E-state index >= 15 is 0 Å². The van der Waals surface area contributed by atoms with Gasteiger partial charge in [0.25, 0.3) is 0 Å². The number of benzene rings is 1. The molecular formula is C16H18Cl2N2O5. The molecule has 0 saturated carbocycles. The van der Waals surface area contributed by atoms with Crippen LogP contribution in [-0.4, -0.2) is 28.8 Å². The molecule has 1 aliphatic rings. The van der Waals surface area contributed by atoms with E-state index in [1.165, 1.54) is 6.07 Å². The van der Waals surface area contributed by atoms with Crippen molar-refractivity contribution in [3.05, 3.63) is 32.9 Å². The van der Waals surface area contributed by atoms with Gasteiger partial charge in [0.2, 0.25) is 0 Å². The highest BCUT2D eigenvalue weighted by Crippen LogP contribution is 2.45. The van der Waals surface area contributed by atoms with Gasteiger partial charge in [-0.05, 0) is 18.9 Å². The van der Waals surface area contributed by atoms with Crippen molar-refractivity contribution in [2.45, 2.75) is 26.8 Å². The van der Waals surface area contributed by atoms with Gasteiger partial charge in [0.05, 0.1) is 23.2 Å². The van der Waals surface area contributed by atoms with E-state index in [1.807, 2.05) is 0 Å². The lowest BCUT2D eigenvalue weighted by Gasteiger charge is -2.31. The van der Waals surface area contributed by atoms with Gasteiger partial charge in [-0.3, -0.25) is 0 Å². The molecule has 0 saturated heterocycles. The molecule has 0 radical (unpaired) electrons. The number of halogens is 2. The summed E-state index contributed by atoms with van der Waals surface area (Å²) in [7, 11) is 0. The number of allylic oxidation sites excluding steroid dienone is 1. The first-order chi connectivity index (χ1) is 11.7. The number of phenolic OH excluding ortho intramolecular Hbond substituents is 2. The van der Waals surface area contributed by atoms with Crippen LogP contribution in [0.4, 0.5) is 4.79 Å². The molecule has 0 aliphatic carbocycles. The fourth-order valence-electron chi connectivity index (χ4n) is 2.55. The van der Waals surface area contributed by atoms with Gasteiger partial charge < -0.3 is 25.6 Å². The topological polar surface area (TPSA) is 108 Å². The molecule has 1 aliphatic heterocycles. The highest BCUT2D eigenvalue weighted by Gasteiger charge is 2.37. The highest BCUT2D eigenvalue weighted by molar-refractivity contribution is 6.38. The van der Waals surface area contributed by atoms with Crippen molar-refractivity contribution < 1.29 is 24.5 Å². The Hall–Kier alpha value is -2.12. The number of esters is 1. The number of carbonyl (C=O) groups is 2. The molecule has 9 heteroatoms. The summed E-state index contributed by atoms with van der Waals surface area (Å²) in [6.07, 6.45) is 0. The van der Waals surface area contributed by atoms with Crippen LogP contribution < -0.4 is 10.6 Å². The van der Waals surface area contributed by atoms with Gasteiger partial charge in [0.15, 0.2) is 5.75 Å². The van der Waals surface area contributed by atoms with Gasteiger partial charge in [0.1, 0.15) is 10.8 Å². The minimum Gasteiger partial charge on any atom is -0.506 e. The molecule has 0 spiro atoms. The number of hydrogen-bond acceptors (Lipinski definition) is 5. The molecule has 0 bridgehead atoms. The van der Waals surface area contributed by atoms with Crippen molar-refractivity contribution in [2.75, 3.05) is 6.61 Å². The standard InChI is InChI=1S/C16H18Cl2N2O5/c1-4-25-15(23)9-11(6(2)3)19-16(24)20-12(9)7-5-8(17)14(22)10(18)13(7)21/h5-6,12,21-22H,4H2,1-3H3,(H2,19,20,24). The number of hydrogen-bond donors (Lipinski definition) is 4. The molecule has 2 amide bonds. The van der Waals surface area contributed by atoms with E-state index in [2.05, 4.69) is 10.6 Å². The largest absolute Gasteiger partial charge is 0.506 e. The number of aromatic hydroxyl groups is 2. The molecule has 25 heavy (non-hydrogen) atoms.